The SMILES string of the molecule is CO[Si](C)(C)C[Si](OC)(OC)C1=CC=C(C(C)C)CC1. The van der Waals surface area contributed by atoms with Gasteiger partial charge in [0.1, 0.15) is 0 Å². The Balaban J connectivity index is 3.03. The predicted molar refractivity (Wildman–Crippen MR) is 89.3 cm³/mol. The Morgan fingerprint density at radius 3 is 1.95 bits per heavy atom. The van der Waals surface area contributed by atoms with E-state index in [4.69, 9.17) is 13.3 Å². The molecule has 0 atom stereocenters. The van der Waals surface area contributed by atoms with Crippen LogP contribution in [-0.4, -0.2) is 38.2 Å². The van der Waals surface area contributed by atoms with Gasteiger partial charge in [0.05, 0.1) is 0 Å². The fraction of sp³-hybridized carbons (Fsp3) is 0.733. The summed E-state index contributed by atoms with van der Waals surface area (Å²) in [5.74, 6) is 0.624. The molecule has 0 saturated carbocycles. The monoisotopic (exact) mass is 314 g/mol. The molecule has 1 aliphatic rings. The van der Waals surface area contributed by atoms with E-state index in [9.17, 15) is 0 Å². The Morgan fingerprint density at radius 2 is 1.60 bits per heavy atom. The molecule has 0 fully saturated rings. The minimum absolute atomic E-state index is 0.624. The van der Waals surface area contributed by atoms with Gasteiger partial charge < -0.3 is 13.3 Å². The first-order valence-electron chi connectivity index (χ1n) is 7.36. The van der Waals surface area contributed by atoms with Crippen LogP contribution in [0.1, 0.15) is 26.7 Å². The Morgan fingerprint density at radius 1 is 1.00 bits per heavy atom. The van der Waals surface area contributed by atoms with E-state index < -0.39 is 16.9 Å². The third-order valence-corrected chi connectivity index (χ3v) is 13.4. The highest BCUT2D eigenvalue weighted by molar-refractivity contribution is 6.91. The van der Waals surface area contributed by atoms with Crippen molar-refractivity contribution in [2.45, 2.75) is 45.5 Å². The Hall–Kier alpha value is -0.206. The summed E-state index contributed by atoms with van der Waals surface area (Å²) in [6, 6.07) is 0. The van der Waals surface area contributed by atoms with Crippen molar-refractivity contribution in [3.05, 3.63) is 22.9 Å². The summed E-state index contributed by atoms with van der Waals surface area (Å²) in [7, 11) is 1.35. The fourth-order valence-corrected chi connectivity index (χ4v) is 11.3. The predicted octanol–water partition coefficient (Wildman–Crippen LogP) is 3.95. The van der Waals surface area contributed by atoms with Crippen molar-refractivity contribution < 1.29 is 13.3 Å². The van der Waals surface area contributed by atoms with Gasteiger partial charge in [-0.3, -0.25) is 0 Å². The molecule has 0 aromatic carbocycles. The molecule has 0 N–H and O–H groups in total. The van der Waals surface area contributed by atoms with Crippen LogP contribution in [0.2, 0.25) is 18.8 Å². The number of hydrogen-bond donors (Lipinski definition) is 0. The molecule has 0 bridgehead atoms. The fourth-order valence-electron chi connectivity index (χ4n) is 2.69. The summed E-state index contributed by atoms with van der Waals surface area (Å²) in [6.07, 6.45) is 6.70. The maximum Gasteiger partial charge on any atom is 0.367 e. The summed E-state index contributed by atoms with van der Waals surface area (Å²) in [6.45, 7) is 8.96. The molecule has 0 aromatic rings. The van der Waals surface area contributed by atoms with E-state index in [2.05, 4.69) is 39.1 Å². The van der Waals surface area contributed by atoms with Gasteiger partial charge in [-0.25, -0.2) is 0 Å². The van der Waals surface area contributed by atoms with Gasteiger partial charge in [0.2, 0.25) is 0 Å². The zero-order chi connectivity index (χ0) is 15.4. The van der Waals surface area contributed by atoms with Crippen LogP contribution in [0.3, 0.4) is 0 Å². The quantitative estimate of drug-likeness (QED) is 0.666. The second-order valence-electron chi connectivity index (χ2n) is 6.39. The summed E-state index contributed by atoms with van der Waals surface area (Å²) in [4.78, 5) is 0. The first-order chi connectivity index (χ1) is 9.30. The van der Waals surface area contributed by atoms with Crippen molar-refractivity contribution in [1.82, 2.24) is 0 Å². The Kier molecular flexibility index (Phi) is 6.40. The van der Waals surface area contributed by atoms with Gasteiger partial charge in [-0.1, -0.05) is 31.6 Å². The van der Waals surface area contributed by atoms with Crippen LogP contribution in [0.25, 0.3) is 0 Å². The van der Waals surface area contributed by atoms with Crippen molar-refractivity contribution in [3.8, 4) is 0 Å². The Labute approximate surface area is 126 Å². The first kappa shape index (κ1) is 17.8. The minimum Gasteiger partial charge on any atom is -0.421 e. The lowest BCUT2D eigenvalue weighted by atomic mass is 9.95. The molecule has 116 valence electrons. The van der Waals surface area contributed by atoms with E-state index in [1.807, 2.05) is 7.11 Å². The van der Waals surface area contributed by atoms with Gasteiger partial charge >= 0.3 is 8.56 Å². The molecule has 0 aliphatic heterocycles. The van der Waals surface area contributed by atoms with Crippen LogP contribution in [0, 0.1) is 5.92 Å². The second kappa shape index (κ2) is 7.18. The standard InChI is InChI=1S/C15H30O3Si2/c1-13(2)14-8-10-15(11-9-14)20(17-4,18-5)12-19(6,7)16-3/h8,10,13H,9,11-12H2,1-7H3. The molecule has 0 radical (unpaired) electrons. The lowest BCUT2D eigenvalue weighted by Gasteiger charge is -2.36. The van der Waals surface area contributed by atoms with Gasteiger partial charge in [0.25, 0.3) is 0 Å². The van der Waals surface area contributed by atoms with Crippen molar-refractivity contribution in [2.75, 3.05) is 21.3 Å². The van der Waals surface area contributed by atoms with E-state index >= 15 is 0 Å². The molecule has 1 aliphatic carbocycles. The van der Waals surface area contributed by atoms with Gasteiger partial charge in [-0.05, 0) is 37.0 Å². The maximum atomic E-state index is 5.93. The van der Waals surface area contributed by atoms with E-state index in [0.29, 0.717) is 5.92 Å². The molecule has 0 saturated heterocycles. The van der Waals surface area contributed by atoms with Crippen LogP contribution < -0.4 is 0 Å². The average Bonchev–Trinajstić information content (AvgIpc) is 2.45. The largest absolute Gasteiger partial charge is 0.421 e. The first-order valence-corrected chi connectivity index (χ1v) is 12.5. The average molecular weight is 315 g/mol. The normalized spacial score (nSPS) is 17.2. The van der Waals surface area contributed by atoms with Crippen LogP contribution >= 0.6 is 0 Å². The summed E-state index contributed by atoms with van der Waals surface area (Å²) >= 11 is 0. The molecule has 3 nitrogen and oxygen atoms in total. The highest BCUT2D eigenvalue weighted by atomic mass is 28.4. The van der Waals surface area contributed by atoms with E-state index in [1.54, 1.807) is 14.2 Å². The van der Waals surface area contributed by atoms with Crippen LogP contribution in [0.4, 0.5) is 0 Å². The molecule has 5 heteroatoms. The topological polar surface area (TPSA) is 27.7 Å². The second-order valence-corrected chi connectivity index (χ2v) is 14.7. The van der Waals surface area contributed by atoms with Gasteiger partial charge in [-0.2, -0.15) is 0 Å². The lowest BCUT2D eigenvalue weighted by Crippen LogP contribution is -2.51. The molecular formula is C15H30O3Si2. The van der Waals surface area contributed by atoms with Crippen molar-refractivity contribution >= 4 is 16.9 Å². The molecule has 0 amide bonds. The summed E-state index contributed by atoms with van der Waals surface area (Å²) in [5, 5.41) is 1.37. The summed E-state index contributed by atoms with van der Waals surface area (Å²) in [5.41, 5.74) is 2.47. The molecule has 0 unspecified atom stereocenters. The van der Waals surface area contributed by atoms with E-state index in [1.165, 1.54) is 10.8 Å². The van der Waals surface area contributed by atoms with Crippen molar-refractivity contribution in [3.63, 3.8) is 0 Å². The van der Waals surface area contributed by atoms with Crippen LogP contribution in [-0.2, 0) is 13.3 Å². The summed E-state index contributed by atoms with van der Waals surface area (Å²) < 4.78 is 17.6. The lowest BCUT2D eigenvalue weighted by molar-refractivity contribution is 0.252. The zero-order valence-corrected chi connectivity index (χ0v) is 16.1. The van der Waals surface area contributed by atoms with Crippen LogP contribution in [0.15, 0.2) is 22.9 Å². The Bertz CT molecular complexity index is 383. The van der Waals surface area contributed by atoms with Gasteiger partial charge in [-0.15, -0.1) is 0 Å². The maximum absolute atomic E-state index is 5.93. The molecule has 0 heterocycles. The van der Waals surface area contributed by atoms with Gasteiger partial charge in [0, 0.05) is 27.0 Å². The van der Waals surface area contributed by atoms with Crippen LogP contribution in [0.5, 0.6) is 0 Å². The molecule has 0 aromatic heterocycles. The number of rotatable bonds is 7. The molecule has 1 rings (SSSR count). The smallest absolute Gasteiger partial charge is 0.367 e. The third-order valence-electron chi connectivity index (χ3n) is 4.28. The van der Waals surface area contributed by atoms with Gasteiger partial charge in [0.15, 0.2) is 8.32 Å². The molecule has 0 spiro atoms. The van der Waals surface area contributed by atoms with E-state index in [0.717, 1.165) is 18.5 Å². The minimum atomic E-state index is -2.31. The van der Waals surface area contributed by atoms with E-state index in [-0.39, 0.29) is 0 Å². The zero-order valence-electron chi connectivity index (χ0n) is 14.1. The third kappa shape index (κ3) is 4.15. The molecule has 20 heavy (non-hydrogen) atoms. The van der Waals surface area contributed by atoms with Crippen molar-refractivity contribution in [2.24, 2.45) is 5.92 Å². The number of hydrogen-bond acceptors (Lipinski definition) is 3. The molecular weight excluding hydrogens is 284 g/mol. The number of allylic oxidation sites excluding steroid dienone is 4. The van der Waals surface area contributed by atoms with Crippen molar-refractivity contribution in [1.29, 1.82) is 0 Å². The highest BCUT2D eigenvalue weighted by Crippen LogP contribution is 2.34. The highest BCUT2D eigenvalue weighted by Gasteiger charge is 2.46.